The Balaban J connectivity index is 2.11. The van der Waals surface area contributed by atoms with Crippen molar-refractivity contribution < 1.29 is 19.4 Å². The zero-order chi connectivity index (χ0) is 15.1. The Hall–Kier alpha value is -1.42. The first-order chi connectivity index (χ1) is 9.99. The van der Waals surface area contributed by atoms with Gasteiger partial charge >= 0.3 is 5.97 Å². The molecule has 0 amide bonds. The van der Waals surface area contributed by atoms with E-state index in [1.165, 1.54) is 0 Å². The van der Waals surface area contributed by atoms with Crippen LogP contribution in [0.3, 0.4) is 0 Å². The van der Waals surface area contributed by atoms with Gasteiger partial charge in [0.15, 0.2) is 11.5 Å². The maximum atomic E-state index is 11.2. The Morgan fingerprint density at radius 1 is 1.38 bits per heavy atom. The molecule has 114 valence electrons. The van der Waals surface area contributed by atoms with Crippen molar-refractivity contribution in [3.63, 3.8) is 0 Å². The monoisotopic (exact) mass is 310 g/mol. The van der Waals surface area contributed by atoms with E-state index < -0.39 is 5.97 Å². The molecule has 1 aromatic rings. The van der Waals surface area contributed by atoms with Gasteiger partial charge in [-0.25, -0.2) is 0 Å². The molecular formula is C16H19ClO4. The number of fused-ring (bicyclic) bond motifs is 1. The third-order valence-corrected chi connectivity index (χ3v) is 4.51. The molecule has 21 heavy (non-hydrogen) atoms. The first-order valence-electron chi connectivity index (χ1n) is 7.32. The third-order valence-electron chi connectivity index (χ3n) is 4.23. The van der Waals surface area contributed by atoms with Gasteiger partial charge in [-0.1, -0.05) is 25.4 Å². The van der Waals surface area contributed by atoms with Gasteiger partial charge in [0.25, 0.3) is 0 Å². The van der Waals surface area contributed by atoms with Crippen LogP contribution in [0.15, 0.2) is 6.07 Å². The van der Waals surface area contributed by atoms with Crippen LogP contribution < -0.4 is 9.47 Å². The number of benzene rings is 1. The second kappa shape index (κ2) is 5.41. The lowest BCUT2D eigenvalue weighted by Crippen LogP contribution is -2.12. The van der Waals surface area contributed by atoms with Crippen molar-refractivity contribution in [3.8, 4) is 11.5 Å². The molecule has 4 nitrogen and oxygen atoms in total. The predicted octanol–water partition coefficient (Wildman–Crippen LogP) is 4.16. The third kappa shape index (κ3) is 2.69. The fraction of sp³-hybridized carbons (Fsp3) is 0.562. The van der Waals surface area contributed by atoms with E-state index in [0.29, 0.717) is 22.4 Å². The van der Waals surface area contributed by atoms with Gasteiger partial charge < -0.3 is 14.6 Å². The first kappa shape index (κ1) is 14.5. The number of halogens is 1. The van der Waals surface area contributed by atoms with Crippen LogP contribution in [-0.2, 0) is 4.79 Å². The highest BCUT2D eigenvalue weighted by molar-refractivity contribution is 6.32. The molecule has 1 atom stereocenters. The number of rotatable bonds is 5. The molecule has 1 N–H and O–H groups in total. The van der Waals surface area contributed by atoms with Crippen molar-refractivity contribution in [2.75, 3.05) is 6.79 Å². The standard InChI is InChI=1S/C16H19ClO4/c1-8(2)14-11(10(6-13(18)19)9-3-4-9)5-12(17)15-16(14)21-7-20-15/h5,8-10H,3-4,6-7H2,1-2H3,(H,18,19). The van der Waals surface area contributed by atoms with Crippen molar-refractivity contribution in [3.05, 3.63) is 22.2 Å². The molecule has 0 spiro atoms. The van der Waals surface area contributed by atoms with Crippen LogP contribution in [0.2, 0.25) is 5.02 Å². The maximum Gasteiger partial charge on any atom is 0.303 e. The van der Waals surface area contributed by atoms with E-state index >= 15 is 0 Å². The van der Waals surface area contributed by atoms with Gasteiger partial charge in [0.1, 0.15) is 0 Å². The van der Waals surface area contributed by atoms with Gasteiger partial charge in [-0.15, -0.1) is 0 Å². The van der Waals surface area contributed by atoms with E-state index in [0.717, 1.165) is 24.0 Å². The van der Waals surface area contributed by atoms with Gasteiger partial charge in [-0.3, -0.25) is 4.79 Å². The number of carboxylic acids is 1. The lowest BCUT2D eigenvalue weighted by molar-refractivity contribution is -0.137. The van der Waals surface area contributed by atoms with E-state index in [-0.39, 0.29) is 25.0 Å². The van der Waals surface area contributed by atoms with E-state index in [9.17, 15) is 9.90 Å². The fourth-order valence-electron chi connectivity index (χ4n) is 3.19. The van der Waals surface area contributed by atoms with E-state index in [1.54, 1.807) is 0 Å². The van der Waals surface area contributed by atoms with Crippen LogP contribution in [0.25, 0.3) is 0 Å². The van der Waals surface area contributed by atoms with Crippen molar-refractivity contribution in [1.29, 1.82) is 0 Å². The molecule has 1 fully saturated rings. The molecule has 1 aliphatic heterocycles. The summed E-state index contributed by atoms with van der Waals surface area (Å²) in [4.78, 5) is 11.2. The number of hydrogen-bond donors (Lipinski definition) is 1. The van der Waals surface area contributed by atoms with Crippen LogP contribution in [0, 0.1) is 5.92 Å². The van der Waals surface area contributed by atoms with Crippen LogP contribution in [0.5, 0.6) is 11.5 Å². The highest BCUT2D eigenvalue weighted by atomic mass is 35.5. The summed E-state index contributed by atoms with van der Waals surface area (Å²) in [6.45, 7) is 4.34. The molecule has 1 aromatic carbocycles. The van der Waals surface area contributed by atoms with Crippen molar-refractivity contribution in [2.45, 2.75) is 44.9 Å². The normalized spacial score (nSPS) is 18.1. The van der Waals surface area contributed by atoms with E-state index in [4.69, 9.17) is 21.1 Å². The maximum absolute atomic E-state index is 11.2. The summed E-state index contributed by atoms with van der Waals surface area (Å²) in [6, 6.07) is 1.89. The molecule has 0 bridgehead atoms. The summed E-state index contributed by atoms with van der Waals surface area (Å²) in [5.41, 5.74) is 2.06. The summed E-state index contributed by atoms with van der Waals surface area (Å²) < 4.78 is 11.1. The Morgan fingerprint density at radius 3 is 2.62 bits per heavy atom. The topological polar surface area (TPSA) is 55.8 Å². The van der Waals surface area contributed by atoms with Crippen molar-refractivity contribution in [2.24, 2.45) is 5.92 Å². The summed E-state index contributed by atoms with van der Waals surface area (Å²) in [7, 11) is 0. The summed E-state index contributed by atoms with van der Waals surface area (Å²) in [6.07, 6.45) is 2.31. The first-order valence-corrected chi connectivity index (χ1v) is 7.70. The Morgan fingerprint density at radius 2 is 2.05 bits per heavy atom. The minimum atomic E-state index is -0.768. The van der Waals surface area contributed by atoms with Crippen LogP contribution in [0.4, 0.5) is 0 Å². The van der Waals surface area contributed by atoms with Crippen LogP contribution in [0.1, 0.15) is 56.1 Å². The molecule has 5 heteroatoms. The Bertz CT molecular complexity index is 578. The van der Waals surface area contributed by atoms with Gasteiger partial charge in [-0.2, -0.15) is 0 Å². The second-order valence-corrected chi connectivity index (χ2v) is 6.53. The summed E-state index contributed by atoms with van der Waals surface area (Å²) >= 11 is 6.30. The molecule has 1 unspecified atom stereocenters. The molecule has 0 radical (unpaired) electrons. The summed E-state index contributed by atoms with van der Waals surface area (Å²) in [5, 5.41) is 9.74. The molecule has 0 saturated heterocycles. The Kier molecular flexibility index (Phi) is 3.74. The van der Waals surface area contributed by atoms with E-state index in [2.05, 4.69) is 13.8 Å². The molecule has 1 saturated carbocycles. The molecular weight excluding hydrogens is 292 g/mol. The lowest BCUT2D eigenvalue weighted by atomic mass is 9.83. The lowest BCUT2D eigenvalue weighted by Gasteiger charge is -2.23. The molecule has 0 aromatic heterocycles. The van der Waals surface area contributed by atoms with Crippen molar-refractivity contribution in [1.82, 2.24) is 0 Å². The minimum absolute atomic E-state index is 0.00639. The molecule has 3 rings (SSSR count). The second-order valence-electron chi connectivity index (χ2n) is 6.12. The minimum Gasteiger partial charge on any atom is -0.481 e. The van der Waals surface area contributed by atoms with Gasteiger partial charge in [0.2, 0.25) is 6.79 Å². The highest BCUT2D eigenvalue weighted by Gasteiger charge is 2.38. The fourth-order valence-corrected chi connectivity index (χ4v) is 3.44. The van der Waals surface area contributed by atoms with E-state index in [1.807, 2.05) is 6.07 Å². The van der Waals surface area contributed by atoms with Gasteiger partial charge in [0.05, 0.1) is 11.4 Å². The SMILES string of the molecule is CC(C)c1c(C(CC(=O)O)C2CC2)cc(Cl)c2c1OCO2. The van der Waals surface area contributed by atoms with Crippen LogP contribution >= 0.6 is 11.6 Å². The number of hydrogen-bond acceptors (Lipinski definition) is 3. The van der Waals surface area contributed by atoms with Crippen molar-refractivity contribution >= 4 is 17.6 Å². The largest absolute Gasteiger partial charge is 0.481 e. The smallest absolute Gasteiger partial charge is 0.303 e. The number of aliphatic carboxylic acids is 1. The number of ether oxygens (including phenoxy) is 2. The number of carbonyl (C=O) groups is 1. The predicted molar refractivity (Wildman–Crippen MR) is 79.4 cm³/mol. The molecule has 1 heterocycles. The Labute approximate surface area is 129 Å². The quantitative estimate of drug-likeness (QED) is 0.887. The summed E-state index contributed by atoms with van der Waals surface area (Å²) in [5.74, 6) is 1.19. The molecule has 2 aliphatic rings. The zero-order valence-corrected chi connectivity index (χ0v) is 12.9. The highest BCUT2D eigenvalue weighted by Crippen LogP contribution is 2.52. The number of carboxylic acid groups (broad SMARTS) is 1. The van der Waals surface area contributed by atoms with Gasteiger partial charge in [-0.05, 0) is 42.2 Å². The van der Waals surface area contributed by atoms with Crippen LogP contribution in [-0.4, -0.2) is 17.9 Å². The average Bonchev–Trinajstić information content (AvgIpc) is 3.12. The average molecular weight is 311 g/mol. The zero-order valence-electron chi connectivity index (χ0n) is 12.2. The van der Waals surface area contributed by atoms with Gasteiger partial charge in [0, 0.05) is 5.56 Å². The molecule has 1 aliphatic carbocycles.